The minimum absolute atomic E-state index is 0.454. The summed E-state index contributed by atoms with van der Waals surface area (Å²) in [5.74, 6) is 0.777. The highest BCUT2D eigenvalue weighted by Gasteiger charge is 2.16. The highest BCUT2D eigenvalue weighted by Crippen LogP contribution is 2.36. The Balaban J connectivity index is 2.03. The molecule has 0 saturated carbocycles. The van der Waals surface area contributed by atoms with Crippen LogP contribution in [0.2, 0.25) is 10.0 Å². The Kier molecular flexibility index (Phi) is 3.21. The number of nitrogens with zero attached hydrogens (tertiary/aromatic N) is 1. The van der Waals surface area contributed by atoms with Gasteiger partial charge in [-0.3, -0.25) is 0 Å². The quantitative estimate of drug-likeness (QED) is 0.738. The van der Waals surface area contributed by atoms with Crippen molar-refractivity contribution in [3.8, 4) is 5.75 Å². The van der Waals surface area contributed by atoms with Gasteiger partial charge in [0.2, 0.25) is 0 Å². The fourth-order valence-corrected chi connectivity index (χ4v) is 2.25. The lowest BCUT2D eigenvalue weighted by Gasteiger charge is -2.18. The van der Waals surface area contributed by atoms with Crippen LogP contribution in [0.4, 0.5) is 5.69 Å². The second-order valence-corrected chi connectivity index (χ2v) is 5.27. The van der Waals surface area contributed by atoms with Crippen molar-refractivity contribution in [2.75, 3.05) is 6.61 Å². The lowest BCUT2D eigenvalue weighted by Crippen LogP contribution is -2.16. The molecule has 2 aromatic carbocycles. The van der Waals surface area contributed by atoms with Crippen molar-refractivity contribution >= 4 is 34.6 Å². The Morgan fingerprint density at radius 1 is 1.11 bits per heavy atom. The average molecular weight is 292 g/mol. The molecule has 0 saturated heterocycles. The molecule has 2 aromatic rings. The van der Waals surface area contributed by atoms with E-state index in [4.69, 9.17) is 27.9 Å². The Morgan fingerprint density at radius 2 is 1.84 bits per heavy atom. The molecule has 0 aromatic heterocycles. The molecule has 1 heterocycles. The maximum atomic E-state index is 6.12. The molecule has 2 nitrogen and oxygen atoms in total. The number of fused-ring (bicyclic) bond motifs is 1. The molecule has 0 N–H and O–H groups in total. The SMILES string of the molecule is Cc1cc2c(cc1Cl)N=C(c1ccc(Cl)cc1)CO2. The summed E-state index contributed by atoms with van der Waals surface area (Å²) >= 11 is 12.0. The van der Waals surface area contributed by atoms with E-state index < -0.39 is 0 Å². The summed E-state index contributed by atoms with van der Waals surface area (Å²) in [5.41, 5.74) is 3.65. The van der Waals surface area contributed by atoms with Crippen LogP contribution < -0.4 is 4.74 Å². The number of halogens is 2. The molecule has 3 rings (SSSR count). The number of aryl methyl sites for hydroxylation is 1. The lowest BCUT2D eigenvalue weighted by atomic mass is 10.1. The van der Waals surface area contributed by atoms with Gasteiger partial charge >= 0.3 is 0 Å². The molecule has 4 heteroatoms. The number of benzene rings is 2. The molecular weight excluding hydrogens is 281 g/mol. The lowest BCUT2D eigenvalue weighted by molar-refractivity contribution is 0.372. The Labute approximate surface area is 121 Å². The van der Waals surface area contributed by atoms with E-state index in [0.29, 0.717) is 16.7 Å². The molecule has 1 aliphatic rings. The van der Waals surface area contributed by atoms with Gasteiger partial charge in [0, 0.05) is 10.0 Å². The standard InChI is InChI=1S/C15H11Cl2NO/c1-9-6-15-13(7-12(9)17)18-14(8-19-15)10-2-4-11(16)5-3-10/h2-7H,8H2,1H3. The molecule has 96 valence electrons. The molecule has 0 amide bonds. The van der Waals surface area contributed by atoms with Crippen molar-refractivity contribution in [2.24, 2.45) is 4.99 Å². The Morgan fingerprint density at radius 3 is 2.58 bits per heavy atom. The summed E-state index contributed by atoms with van der Waals surface area (Å²) in [4.78, 5) is 4.61. The highest BCUT2D eigenvalue weighted by atomic mass is 35.5. The third kappa shape index (κ3) is 2.46. The summed E-state index contributed by atoms with van der Waals surface area (Å²) in [6.07, 6.45) is 0. The second kappa shape index (κ2) is 4.87. The number of hydrogen-bond donors (Lipinski definition) is 0. The van der Waals surface area contributed by atoms with Crippen LogP contribution in [-0.2, 0) is 0 Å². The summed E-state index contributed by atoms with van der Waals surface area (Å²) < 4.78 is 5.73. The van der Waals surface area contributed by atoms with Gasteiger partial charge in [0.1, 0.15) is 18.0 Å². The summed E-state index contributed by atoms with van der Waals surface area (Å²) in [6.45, 7) is 2.40. The van der Waals surface area contributed by atoms with E-state index in [1.165, 1.54) is 0 Å². The van der Waals surface area contributed by atoms with Crippen LogP contribution >= 0.6 is 23.2 Å². The van der Waals surface area contributed by atoms with Crippen LogP contribution in [0.5, 0.6) is 5.75 Å². The Bertz CT molecular complexity index is 663. The molecule has 1 aliphatic heterocycles. The van der Waals surface area contributed by atoms with Crippen LogP contribution in [-0.4, -0.2) is 12.3 Å². The zero-order chi connectivity index (χ0) is 13.4. The topological polar surface area (TPSA) is 21.6 Å². The number of ether oxygens (including phenoxy) is 1. The predicted molar refractivity (Wildman–Crippen MR) is 79.3 cm³/mol. The number of hydrogen-bond acceptors (Lipinski definition) is 2. The van der Waals surface area contributed by atoms with Crippen LogP contribution in [0.1, 0.15) is 11.1 Å². The van der Waals surface area contributed by atoms with Gasteiger partial charge in [0.15, 0.2) is 0 Å². The monoisotopic (exact) mass is 291 g/mol. The smallest absolute Gasteiger partial charge is 0.145 e. The molecule has 0 unspecified atom stereocenters. The Hall–Kier alpha value is -1.51. The molecule has 0 fully saturated rings. The van der Waals surface area contributed by atoms with Crippen LogP contribution in [0.3, 0.4) is 0 Å². The first-order valence-corrected chi connectivity index (χ1v) is 6.65. The third-order valence-electron chi connectivity index (χ3n) is 3.04. The van der Waals surface area contributed by atoms with Crippen LogP contribution in [0.25, 0.3) is 0 Å². The van der Waals surface area contributed by atoms with Gasteiger partial charge in [-0.15, -0.1) is 0 Å². The van der Waals surface area contributed by atoms with Gasteiger partial charge in [-0.25, -0.2) is 4.99 Å². The van der Waals surface area contributed by atoms with E-state index in [1.807, 2.05) is 43.3 Å². The first kappa shape index (κ1) is 12.5. The zero-order valence-corrected chi connectivity index (χ0v) is 11.8. The number of aliphatic imine (C=N–C) groups is 1. The van der Waals surface area contributed by atoms with Gasteiger partial charge in [-0.2, -0.15) is 0 Å². The van der Waals surface area contributed by atoms with Gasteiger partial charge in [-0.05, 0) is 42.3 Å². The first-order valence-electron chi connectivity index (χ1n) is 5.90. The van der Waals surface area contributed by atoms with E-state index in [-0.39, 0.29) is 0 Å². The number of rotatable bonds is 1. The van der Waals surface area contributed by atoms with Crippen molar-refractivity contribution in [1.29, 1.82) is 0 Å². The molecule has 19 heavy (non-hydrogen) atoms. The van der Waals surface area contributed by atoms with E-state index in [1.54, 1.807) is 0 Å². The van der Waals surface area contributed by atoms with Crippen molar-refractivity contribution in [1.82, 2.24) is 0 Å². The first-order chi connectivity index (χ1) is 9.13. The van der Waals surface area contributed by atoms with E-state index >= 15 is 0 Å². The second-order valence-electron chi connectivity index (χ2n) is 4.42. The predicted octanol–water partition coefficient (Wildman–Crippen LogP) is 4.82. The maximum absolute atomic E-state index is 6.12. The molecular formula is C15H11Cl2NO. The van der Waals surface area contributed by atoms with E-state index in [2.05, 4.69) is 4.99 Å². The molecule has 0 spiro atoms. The fraction of sp³-hybridized carbons (Fsp3) is 0.133. The molecule has 0 bridgehead atoms. The van der Waals surface area contributed by atoms with Crippen molar-refractivity contribution in [3.63, 3.8) is 0 Å². The largest absolute Gasteiger partial charge is 0.485 e. The van der Waals surface area contributed by atoms with Gasteiger partial charge < -0.3 is 4.74 Å². The maximum Gasteiger partial charge on any atom is 0.145 e. The molecule has 0 radical (unpaired) electrons. The van der Waals surface area contributed by atoms with Crippen molar-refractivity contribution in [3.05, 3.63) is 57.6 Å². The highest BCUT2D eigenvalue weighted by molar-refractivity contribution is 6.31. The van der Waals surface area contributed by atoms with Gasteiger partial charge in [0.05, 0.1) is 5.71 Å². The molecule has 0 atom stereocenters. The van der Waals surface area contributed by atoms with E-state index in [0.717, 1.165) is 28.3 Å². The minimum atomic E-state index is 0.454. The summed E-state index contributed by atoms with van der Waals surface area (Å²) in [6, 6.07) is 11.3. The summed E-state index contributed by atoms with van der Waals surface area (Å²) in [7, 11) is 0. The van der Waals surface area contributed by atoms with E-state index in [9.17, 15) is 0 Å². The van der Waals surface area contributed by atoms with Gasteiger partial charge in [-0.1, -0.05) is 35.3 Å². The zero-order valence-electron chi connectivity index (χ0n) is 10.3. The van der Waals surface area contributed by atoms with Crippen LogP contribution in [0.15, 0.2) is 41.4 Å². The van der Waals surface area contributed by atoms with Crippen molar-refractivity contribution in [2.45, 2.75) is 6.92 Å². The van der Waals surface area contributed by atoms with Crippen LogP contribution in [0, 0.1) is 6.92 Å². The third-order valence-corrected chi connectivity index (χ3v) is 3.70. The normalized spacial score (nSPS) is 13.5. The minimum Gasteiger partial charge on any atom is -0.485 e. The fourth-order valence-electron chi connectivity index (χ4n) is 1.96. The van der Waals surface area contributed by atoms with Gasteiger partial charge in [0.25, 0.3) is 0 Å². The molecule has 0 aliphatic carbocycles. The average Bonchev–Trinajstić information content (AvgIpc) is 2.40. The van der Waals surface area contributed by atoms with Crippen molar-refractivity contribution < 1.29 is 4.74 Å². The summed E-state index contributed by atoms with van der Waals surface area (Å²) in [5, 5.41) is 1.41.